The van der Waals surface area contributed by atoms with Gasteiger partial charge in [-0.15, -0.1) is 0 Å². The van der Waals surface area contributed by atoms with E-state index in [4.69, 9.17) is 11.8 Å². The normalized spacial score (nSPS) is 10.9. The molecule has 0 aromatic heterocycles. The molecule has 0 aromatic carbocycles. The van der Waals surface area contributed by atoms with Gasteiger partial charge >= 0.3 is 0 Å². The summed E-state index contributed by atoms with van der Waals surface area (Å²) >= 11 is 5.64. The van der Waals surface area contributed by atoms with Crippen molar-refractivity contribution in [2.45, 2.75) is 104 Å². The molecular weight excluding hydrogens is 279 g/mol. The first-order valence-corrected chi connectivity index (χ1v) is 12.0. The first-order chi connectivity index (χ1) is 9.81. The molecule has 0 spiro atoms. The van der Waals surface area contributed by atoms with Crippen LogP contribution in [0.4, 0.5) is 0 Å². The summed E-state index contributed by atoms with van der Waals surface area (Å²) < 4.78 is 0. The Bertz CT molecular complexity index is 184. The van der Waals surface area contributed by atoms with Gasteiger partial charge in [0.2, 0.25) is 0 Å². The smallest absolute Gasteiger partial charge is 0.0654 e. The van der Waals surface area contributed by atoms with E-state index in [9.17, 15) is 0 Å². The molecule has 0 N–H and O–H groups in total. The Labute approximate surface area is 134 Å². The summed E-state index contributed by atoms with van der Waals surface area (Å²) in [6.07, 6.45) is 22.6. The second-order valence-corrected chi connectivity index (χ2v) is 9.58. The van der Waals surface area contributed by atoms with E-state index >= 15 is 0 Å². The van der Waals surface area contributed by atoms with E-state index in [2.05, 4.69) is 13.8 Å². The molecule has 0 rings (SSSR count). The molecule has 0 heterocycles. The van der Waals surface area contributed by atoms with Crippen LogP contribution in [0.2, 0.25) is 0 Å². The van der Waals surface area contributed by atoms with Gasteiger partial charge in [-0.3, -0.25) is 0 Å². The average molecular weight is 318 g/mol. The van der Waals surface area contributed by atoms with Crippen molar-refractivity contribution in [1.29, 1.82) is 0 Å². The fourth-order valence-electron chi connectivity index (χ4n) is 2.60. The Morgan fingerprint density at radius 1 is 0.500 bits per heavy atom. The molecule has 0 fully saturated rings. The van der Waals surface area contributed by atoms with Crippen LogP contribution in [-0.4, -0.2) is 12.3 Å². The molecule has 0 saturated heterocycles. The SMILES string of the molecule is CCCCCCCCC[P+](=S)CCCCCCCCC. The number of unbranched alkanes of at least 4 members (excludes halogenated alkanes) is 12. The van der Waals surface area contributed by atoms with Gasteiger partial charge in [0.1, 0.15) is 12.3 Å². The number of hydrogen-bond donors (Lipinski definition) is 0. The van der Waals surface area contributed by atoms with Gasteiger partial charge in [-0.1, -0.05) is 78.1 Å². The largest absolute Gasteiger partial charge is 0.175 e. The van der Waals surface area contributed by atoms with Gasteiger partial charge in [0, 0.05) is 0 Å². The third-order valence-electron chi connectivity index (χ3n) is 4.02. The maximum absolute atomic E-state index is 5.64. The lowest BCUT2D eigenvalue weighted by Gasteiger charge is -1.99. The van der Waals surface area contributed by atoms with Crippen molar-refractivity contribution in [3.63, 3.8) is 0 Å². The standard InChI is InChI=1S/C18H38PS/c1-3-5-7-9-11-13-15-17-19(20)18-16-14-12-10-8-6-4-2/h3-18H2,1-2H3/q+1. The molecule has 0 aromatic rings. The van der Waals surface area contributed by atoms with Crippen molar-refractivity contribution in [2.24, 2.45) is 0 Å². The molecular formula is C18H38PS+. The minimum absolute atomic E-state index is 0.0524. The topological polar surface area (TPSA) is 0 Å². The first-order valence-electron chi connectivity index (χ1n) is 9.23. The first kappa shape index (κ1) is 20.5. The predicted octanol–water partition coefficient (Wildman–Crippen LogP) is 7.43. The van der Waals surface area contributed by atoms with Gasteiger partial charge < -0.3 is 0 Å². The van der Waals surface area contributed by atoms with Gasteiger partial charge in [-0.2, -0.15) is 0 Å². The molecule has 0 atom stereocenters. The fourth-order valence-corrected chi connectivity index (χ4v) is 4.75. The van der Waals surface area contributed by atoms with E-state index < -0.39 is 0 Å². The van der Waals surface area contributed by atoms with Crippen molar-refractivity contribution in [3.05, 3.63) is 0 Å². The maximum Gasteiger partial charge on any atom is 0.175 e. The van der Waals surface area contributed by atoms with Crippen molar-refractivity contribution >= 4 is 18.5 Å². The van der Waals surface area contributed by atoms with Crippen LogP contribution in [0.5, 0.6) is 0 Å². The molecule has 0 unspecified atom stereocenters. The molecule has 0 saturated carbocycles. The van der Waals surface area contributed by atoms with Crippen LogP contribution >= 0.6 is 6.70 Å². The van der Waals surface area contributed by atoms with Crippen LogP contribution in [0.1, 0.15) is 104 Å². The lowest BCUT2D eigenvalue weighted by molar-refractivity contribution is 0.600. The molecule has 2 heteroatoms. The summed E-state index contributed by atoms with van der Waals surface area (Å²) in [6, 6.07) is 0. The van der Waals surface area contributed by atoms with Crippen molar-refractivity contribution in [1.82, 2.24) is 0 Å². The Morgan fingerprint density at radius 2 is 0.800 bits per heavy atom. The lowest BCUT2D eigenvalue weighted by Crippen LogP contribution is -1.87. The van der Waals surface area contributed by atoms with Crippen molar-refractivity contribution < 1.29 is 0 Å². The minimum atomic E-state index is -0.0524. The molecule has 20 heavy (non-hydrogen) atoms. The summed E-state index contributed by atoms with van der Waals surface area (Å²) in [5.74, 6) is 0. The molecule has 120 valence electrons. The van der Waals surface area contributed by atoms with E-state index in [0.717, 1.165) is 0 Å². The molecule has 0 aliphatic rings. The lowest BCUT2D eigenvalue weighted by atomic mass is 10.1. The Morgan fingerprint density at radius 3 is 1.15 bits per heavy atom. The number of hydrogen-bond acceptors (Lipinski definition) is 1. The van der Waals surface area contributed by atoms with Crippen LogP contribution in [0.15, 0.2) is 0 Å². The maximum atomic E-state index is 5.64. The van der Waals surface area contributed by atoms with E-state index in [0.29, 0.717) is 0 Å². The van der Waals surface area contributed by atoms with Gasteiger partial charge in [0.25, 0.3) is 0 Å². The molecule has 0 nitrogen and oxygen atoms in total. The molecule has 0 radical (unpaired) electrons. The van der Waals surface area contributed by atoms with Gasteiger partial charge in [0.05, 0.1) is 0 Å². The van der Waals surface area contributed by atoms with Crippen LogP contribution in [0.25, 0.3) is 0 Å². The second kappa shape index (κ2) is 17.6. The second-order valence-electron chi connectivity index (χ2n) is 6.17. The molecule has 0 aliphatic heterocycles. The monoisotopic (exact) mass is 317 g/mol. The quantitative estimate of drug-likeness (QED) is 0.211. The Kier molecular flexibility index (Phi) is 18.0. The third kappa shape index (κ3) is 16.6. The molecule has 0 aliphatic carbocycles. The zero-order valence-electron chi connectivity index (χ0n) is 14.2. The minimum Gasteiger partial charge on any atom is -0.0654 e. The van der Waals surface area contributed by atoms with E-state index in [-0.39, 0.29) is 6.70 Å². The Hall–Kier alpha value is 0.520. The van der Waals surface area contributed by atoms with Crippen LogP contribution in [0.3, 0.4) is 0 Å². The van der Waals surface area contributed by atoms with Gasteiger partial charge in [-0.25, -0.2) is 0 Å². The summed E-state index contributed by atoms with van der Waals surface area (Å²) in [5, 5.41) is 0. The highest BCUT2D eigenvalue weighted by molar-refractivity contribution is 8.05. The average Bonchev–Trinajstić information content (AvgIpc) is 2.45. The van der Waals surface area contributed by atoms with Crippen molar-refractivity contribution in [2.75, 3.05) is 12.3 Å². The predicted molar refractivity (Wildman–Crippen MR) is 100 cm³/mol. The van der Waals surface area contributed by atoms with Gasteiger partial charge in [-0.05, 0) is 25.7 Å². The zero-order chi connectivity index (χ0) is 14.9. The third-order valence-corrected chi connectivity index (χ3v) is 6.75. The zero-order valence-corrected chi connectivity index (χ0v) is 15.9. The van der Waals surface area contributed by atoms with Crippen molar-refractivity contribution in [3.8, 4) is 0 Å². The highest BCUT2D eigenvalue weighted by Gasteiger charge is 2.08. The highest BCUT2D eigenvalue weighted by Crippen LogP contribution is 2.25. The summed E-state index contributed by atoms with van der Waals surface area (Å²) in [7, 11) is 0. The van der Waals surface area contributed by atoms with E-state index in [1.54, 1.807) is 0 Å². The number of rotatable bonds is 16. The summed E-state index contributed by atoms with van der Waals surface area (Å²) in [6.45, 7) is 4.52. The Balaban J connectivity index is 3.13. The highest BCUT2D eigenvalue weighted by atomic mass is 32.4. The van der Waals surface area contributed by atoms with Crippen LogP contribution < -0.4 is 0 Å². The molecule has 0 bridgehead atoms. The fraction of sp³-hybridized carbons (Fsp3) is 1.00. The van der Waals surface area contributed by atoms with Gasteiger partial charge in [0.15, 0.2) is 18.5 Å². The summed E-state index contributed by atoms with van der Waals surface area (Å²) in [5.41, 5.74) is 0. The van der Waals surface area contributed by atoms with Crippen LogP contribution in [-0.2, 0) is 11.8 Å². The van der Waals surface area contributed by atoms with Crippen LogP contribution in [0, 0.1) is 0 Å². The van der Waals surface area contributed by atoms with E-state index in [1.165, 1.54) is 102 Å². The summed E-state index contributed by atoms with van der Waals surface area (Å²) in [4.78, 5) is 0. The molecule has 0 amide bonds. The van der Waals surface area contributed by atoms with E-state index in [1.807, 2.05) is 0 Å².